The fourth-order valence-electron chi connectivity index (χ4n) is 2.80. The summed E-state index contributed by atoms with van der Waals surface area (Å²) in [5, 5.41) is 0. The van der Waals surface area contributed by atoms with E-state index in [1.165, 1.54) is 38.8 Å². The van der Waals surface area contributed by atoms with Crippen LogP contribution in [0.1, 0.15) is 32.6 Å². The molecule has 0 amide bonds. The maximum atomic E-state index is 2.50. The van der Waals surface area contributed by atoms with E-state index in [0.717, 1.165) is 11.3 Å². The molecule has 2 fully saturated rings. The van der Waals surface area contributed by atoms with Gasteiger partial charge in [0, 0.05) is 6.54 Å². The summed E-state index contributed by atoms with van der Waals surface area (Å²) < 4.78 is 0. The van der Waals surface area contributed by atoms with Crippen LogP contribution in [0.15, 0.2) is 0 Å². The van der Waals surface area contributed by atoms with Gasteiger partial charge in [-0.15, -0.1) is 0 Å². The highest BCUT2D eigenvalue weighted by molar-refractivity contribution is 5.06. The van der Waals surface area contributed by atoms with Crippen LogP contribution in [0.3, 0.4) is 0 Å². The van der Waals surface area contributed by atoms with Gasteiger partial charge in [0.2, 0.25) is 0 Å². The minimum Gasteiger partial charge on any atom is -0.306 e. The zero-order valence-corrected chi connectivity index (χ0v) is 7.77. The molecule has 1 heteroatoms. The van der Waals surface area contributed by atoms with Crippen molar-refractivity contribution in [2.24, 2.45) is 11.3 Å². The van der Waals surface area contributed by atoms with Crippen LogP contribution in [0.4, 0.5) is 0 Å². The van der Waals surface area contributed by atoms with Gasteiger partial charge < -0.3 is 4.90 Å². The molecule has 0 aromatic heterocycles. The molecule has 0 bridgehead atoms. The molecule has 1 heterocycles. The molecule has 2 rings (SSSR count). The van der Waals surface area contributed by atoms with Gasteiger partial charge in [-0.2, -0.15) is 0 Å². The minimum atomic E-state index is 0.810. The predicted octanol–water partition coefficient (Wildman–Crippen LogP) is 2.13. The van der Waals surface area contributed by atoms with Gasteiger partial charge in [-0.3, -0.25) is 0 Å². The lowest BCUT2D eigenvalue weighted by atomic mass is 10.0. The number of rotatable bonds is 2. The summed E-state index contributed by atoms with van der Waals surface area (Å²) in [7, 11) is 2.26. The first-order valence-corrected chi connectivity index (χ1v) is 4.95. The highest BCUT2D eigenvalue weighted by Gasteiger charge is 2.55. The second-order valence-electron chi connectivity index (χ2n) is 4.54. The summed E-state index contributed by atoms with van der Waals surface area (Å²) in [5.41, 5.74) is 0.810. The molecule has 0 radical (unpaired) electrons. The molecular weight excluding hydrogens is 134 g/mol. The first-order valence-electron chi connectivity index (χ1n) is 4.95. The maximum absolute atomic E-state index is 2.50. The third-order valence-electron chi connectivity index (χ3n) is 3.57. The molecule has 11 heavy (non-hydrogen) atoms. The van der Waals surface area contributed by atoms with Crippen LogP contribution in [-0.4, -0.2) is 25.0 Å². The first-order chi connectivity index (χ1) is 5.27. The van der Waals surface area contributed by atoms with Gasteiger partial charge in [0.15, 0.2) is 0 Å². The van der Waals surface area contributed by atoms with E-state index in [-0.39, 0.29) is 0 Å². The minimum absolute atomic E-state index is 0.810. The van der Waals surface area contributed by atoms with Crippen molar-refractivity contribution in [2.75, 3.05) is 20.1 Å². The van der Waals surface area contributed by atoms with Crippen LogP contribution < -0.4 is 0 Å². The van der Waals surface area contributed by atoms with Gasteiger partial charge in [0.25, 0.3) is 0 Å². The Morgan fingerprint density at radius 3 is 2.91 bits per heavy atom. The van der Waals surface area contributed by atoms with Crippen LogP contribution in [0, 0.1) is 11.3 Å². The van der Waals surface area contributed by atoms with Crippen molar-refractivity contribution in [3.05, 3.63) is 0 Å². The van der Waals surface area contributed by atoms with Crippen molar-refractivity contribution < 1.29 is 0 Å². The zero-order chi connectivity index (χ0) is 7.90. The van der Waals surface area contributed by atoms with Gasteiger partial charge >= 0.3 is 0 Å². The van der Waals surface area contributed by atoms with Crippen LogP contribution in [0.2, 0.25) is 0 Å². The Hall–Kier alpha value is -0.0400. The molecule has 1 aliphatic heterocycles. The Balaban J connectivity index is 1.87. The Labute approximate surface area is 69.8 Å². The van der Waals surface area contributed by atoms with Gasteiger partial charge in [0.1, 0.15) is 0 Å². The van der Waals surface area contributed by atoms with Crippen LogP contribution in [0.25, 0.3) is 0 Å². The van der Waals surface area contributed by atoms with Crippen LogP contribution >= 0.6 is 0 Å². The number of hydrogen-bond donors (Lipinski definition) is 0. The number of nitrogens with zero attached hydrogens (tertiary/aromatic N) is 1. The second kappa shape index (κ2) is 2.48. The monoisotopic (exact) mass is 153 g/mol. The molecule has 0 aromatic rings. The quantitative estimate of drug-likeness (QED) is 0.587. The fraction of sp³-hybridized carbons (Fsp3) is 1.00. The molecule has 2 unspecified atom stereocenters. The lowest BCUT2D eigenvalue weighted by molar-refractivity contribution is 0.372. The topological polar surface area (TPSA) is 3.24 Å². The van der Waals surface area contributed by atoms with Crippen molar-refractivity contribution in [1.29, 1.82) is 0 Å². The summed E-state index contributed by atoms with van der Waals surface area (Å²) in [5.74, 6) is 1.09. The lowest BCUT2D eigenvalue weighted by Crippen LogP contribution is -2.15. The molecule has 64 valence electrons. The van der Waals surface area contributed by atoms with E-state index in [0.29, 0.717) is 0 Å². The van der Waals surface area contributed by atoms with E-state index < -0.39 is 0 Å². The second-order valence-corrected chi connectivity index (χ2v) is 4.54. The normalized spacial score (nSPS) is 43.6. The SMILES string of the molecule is CCCC1CC12CCN(C)C2. The molecular formula is C10H19N. The van der Waals surface area contributed by atoms with Gasteiger partial charge in [-0.1, -0.05) is 19.8 Å². The highest BCUT2D eigenvalue weighted by atomic mass is 15.1. The van der Waals surface area contributed by atoms with Crippen LogP contribution in [0.5, 0.6) is 0 Å². The molecule has 1 aliphatic carbocycles. The molecule has 0 aromatic carbocycles. The summed E-state index contributed by atoms with van der Waals surface area (Å²) in [6, 6.07) is 0. The van der Waals surface area contributed by atoms with E-state index in [2.05, 4.69) is 18.9 Å². The van der Waals surface area contributed by atoms with Crippen molar-refractivity contribution >= 4 is 0 Å². The van der Waals surface area contributed by atoms with Crippen molar-refractivity contribution in [3.8, 4) is 0 Å². The lowest BCUT2D eigenvalue weighted by Gasteiger charge is -2.08. The average Bonchev–Trinajstić information content (AvgIpc) is 2.46. The predicted molar refractivity (Wildman–Crippen MR) is 47.6 cm³/mol. The van der Waals surface area contributed by atoms with Crippen molar-refractivity contribution in [1.82, 2.24) is 4.90 Å². The molecule has 0 N–H and O–H groups in total. The summed E-state index contributed by atoms with van der Waals surface area (Å²) in [6.07, 6.45) is 5.88. The smallest absolute Gasteiger partial charge is 0.00382 e. The van der Waals surface area contributed by atoms with Gasteiger partial charge in [-0.25, -0.2) is 0 Å². The number of hydrogen-bond acceptors (Lipinski definition) is 1. The largest absolute Gasteiger partial charge is 0.306 e. The van der Waals surface area contributed by atoms with Crippen LogP contribution in [-0.2, 0) is 0 Å². The van der Waals surface area contributed by atoms with Gasteiger partial charge in [-0.05, 0) is 37.8 Å². The summed E-state index contributed by atoms with van der Waals surface area (Å²) >= 11 is 0. The molecule has 1 nitrogen and oxygen atoms in total. The fourth-order valence-corrected chi connectivity index (χ4v) is 2.80. The Morgan fingerprint density at radius 1 is 1.55 bits per heavy atom. The Bertz CT molecular complexity index is 155. The Morgan fingerprint density at radius 2 is 2.36 bits per heavy atom. The van der Waals surface area contributed by atoms with E-state index >= 15 is 0 Å². The van der Waals surface area contributed by atoms with Gasteiger partial charge in [0.05, 0.1) is 0 Å². The molecule has 2 atom stereocenters. The maximum Gasteiger partial charge on any atom is 0.00382 e. The molecule has 1 spiro atoms. The third-order valence-corrected chi connectivity index (χ3v) is 3.57. The van der Waals surface area contributed by atoms with E-state index in [4.69, 9.17) is 0 Å². The first kappa shape index (κ1) is 7.60. The van der Waals surface area contributed by atoms with E-state index in [9.17, 15) is 0 Å². The number of likely N-dealkylation sites (tertiary alicyclic amines) is 1. The van der Waals surface area contributed by atoms with Crippen molar-refractivity contribution in [3.63, 3.8) is 0 Å². The third kappa shape index (κ3) is 1.20. The summed E-state index contributed by atoms with van der Waals surface area (Å²) in [6.45, 7) is 5.04. The highest BCUT2D eigenvalue weighted by Crippen LogP contribution is 2.60. The van der Waals surface area contributed by atoms with E-state index in [1.54, 1.807) is 0 Å². The molecule has 2 aliphatic rings. The Kier molecular flexibility index (Phi) is 1.71. The summed E-state index contributed by atoms with van der Waals surface area (Å²) in [4.78, 5) is 2.50. The standard InChI is InChI=1S/C10H19N/c1-3-4-9-7-10(9)5-6-11(2)8-10/h9H,3-8H2,1-2H3. The zero-order valence-electron chi connectivity index (χ0n) is 7.77. The van der Waals surface area contributed by atoms with Crippen molar-refractivity contribution in [2.45, 2.75) is 32.6 Å². The average molecular weight is 153 g/mol. The molecule has 1 saturated heterocycles. The van der Waals surface area contributed by atoms with E-state index in [1.807, 2.05) is 0 Å². The molecule has 1 saturated carbocycles.